The molecule has 1 aliphatic rings. The number of halogens is 1. The summed E-state index contributed by atoms with van der Waals surface area (Å²) in [6.45, 7) is 6.91. The van der Waals surface area contributed by atoms with E-state index in [2.05, 4.69) is 15.2 Å². The quantitative estimate of drug-likeness (QED) is 0.642. The molecule has 7 nitrogen and oxygen atoms in total. The molecule has 1 saturated heterocycles. The number of rotatable bonds is 9. The number of nitrogens with one attached hydrogen (secondary N) is 1. The predicted octanol–water partition coefficient (Wildman–Crippen LogP) is 3.79. The first-order valence-corrected chi connectivity index (χ1v) is 10.3. The largest absolute Gasteiger partial charge is 0.491 e. The normalized spacial score (nSPS) is 15.0. The predicted molar refractivity (Wildman–Crippen MR) is 112 cm³/mol. The molecule has 1 aliphatic heterocycles. The van der Waals surface area contributed by atoms with Crippen molar-refractivity contribution in [2.45, 2.75) is 39.3 Å². The molecule has 2 aromatic rings. The number of carbonyl (C=O) groups is 1. The number of hydrogen-bond donors (Lipinski definition) is 2. The van der Waals surface area contributed by atoms with Gasteiger partial charge in [-0.1, -0.05) is 0 Å². The third-order valence-electron chi connectivity index (χ3n) is 5.02. The van der Waals surface area contributed by atoms with Crippen LogP contribution in [0.2, 0.25) is 0 Å². The second-order valence-electron chi connectivity index (χ2n) is 7.20. The van der Waals surface area contributed by atoms with E-state index in [1.54, 1.807) is 24.3 Å². The fraction of sp³-hybridized carbons (Fsp3) is 0.455. The highest BCUT2D eigenvalue weighted by Crippen LogP contribution is 2.30. The molecular weight excluding hydrogens is 389 g/mol. The maximum Gasteiger partial charge on any atom is 0.337 e. The Morgan fingerprint density at radius 1 is 1.20 bits per heavy atom. The van der Waals surface area contributed by atoms with Gasteiger partial charge in [-0.3, -0.25) is 4.90 Å². The van der Waals surface area contributed by atoms with Crippen LogP contribution in [0.3, 0.4) is 0 Å². The van der Waals surface area contributed by atoms with Gasteiger partial charge in [-0.15, -0.1) is 0 Å². The lowest BCUT2D eigenvalue weighted by molar-refractivity contribution is 0.0696. The number of anilines is 1. The Labute approximate surface area is 175 Å². The Balaban J connectivity index is 1.57. The molecular formula is C22H28FN3O4. The van der Waals surface area contributed by atoms with E-state index >= 15 is 0 Å². The molecule has 0 spiro atoms. The zero-order valence-electron chi connectivity index (χ0n) is 17.4. The summed E-state index contributed by atoms with van der Waals surface area (Å²) in [5.41, 5.74) is 1.13. The number of aromatic nitrogens is 1. The monoisotopic (exact) mass is 417 g/mol. The van der Waals surface area contributed by atoms with E-state index in [0.717, 1.165) is 31.5 Å². The number of carboxylic acids is 1. The van der Waals surface area contributed by atoms with Gasteiger partial charge in [-0.05, 0) is 56.5 Å². The maximum atomic E-state index is 14.4. The van der Waals surface area contributed by atoms with Crippen molar-refractivity contribution in [2.24, 2.45) is 0 Å². The molecule has 2 N–H and O–H groups in total. The second-order valence-corrected chi connectivity index (χ2v) is 7.20. The fourth-order valence-corrected chi connectivity index (χ4v) is 3.55. The summed E-state index contributed by atoms with van der Waals surface area (Å²) in [7, 11) is 0. The van der Waals surface area contributed by atoms with E-state index in [9.17, 15) is 9.18 Å². The molecule has 1 aromatic carbocycles. The fourth-order valence-electron chi connectivity index (χ4n) is 3.55. The van der Waals surface area contributed by atoms with Crippen LogP contribution in [0, 0.1) is 5.82 Å². The Bertz CT molecular complexity index is 825. The summed E-state index contributed by atoms with van der Waals surface area (Å²) in [6.07, 6.45) is 3.22. The minimum absolute atomic E-state index is 0.174. The highest BCUT2D eigenvalue weighted by Gasteiger charge is 2.21. The van der Waals surface area contributed by atoms with Crippen LogP contribution in [0.1, 0.15) is 42.6 Å². The van der Waals surface area contributed by atoms with Crippen LogP contribution in [0.15, 0.2) is 30.5 Å². The van der Waals surface area contributed by atoms with Crippen LogP contribution >= 0.6 is 0 Å². The van der Waals surface area contributed by atoms with Crippen LogP contribution in [0.25, 0.3) is 0 Å². The van der Waals surface area contributed by atoms with Crippen LogP contribution in [-0.4, -0.2) is 53.3 Å². The zero-order chi connectivity index (χ0) is 21.5. The lowest BCUT2D eigenvalue weighted by Crippen LogP contribution is -2.38. The van der Waals surface area contributed by atoms with Gasteiger partial charge in [-0.25, -0.2) is 9.78 Å². The summed E-state index contributed by atoms with van der Waals surface area (Å²) in [4.78, 5) is 17.4. The van der Waals surface area contributed by atoms with Gasteiger partial charge in [0.05, 0.1) is 18.8 Å². The van der Waals surface area contributed by atoms with E-state index in [4.69, 9.17) is 14.6 Å². The van der Waals surface area contributed by atoms with E-state index in [0.29, 0.717) is 25.6 Å². The van der Waals surface area contributed by atoms with Crippen molar-refractivity contribution < 1.29 is 23.8 Å². The van der Waals surface area contributed by atoms with E-state index < -0.39 is 11.8 Å². The van der Waals surface area contributed by atoms with Crippen molar-refractivity contribution in [3.63, 3.8) is 0 Å². The molecule has 0 bridgehead atoms. The van der Waals surface area contributed by atoms with Crippen LogP contribution < -0.4 is 14.8 Å². The number of ether oxygens (including phenoxy) is 2. The Morgan fingerprint density at radius 3 is 2.33 bits per heavy atom. The standard InChI is InChI=1S/C22H28FN3O4/c1-3-29-18-11-15(12-19(21(18)23)30-4-2)14-26-9-7-17(8-10-26)25-20-6-5-16(13-24-20)22(27)28/h5-6,11-13,17H,3-4,7-10,14H2,1-2H3,(H,24,25)(H,27,28). The molecule has 2 heterocycles. The molecule has 0 unspecified atom stereocenters. The average molecular weight is 417 g/mol. The van der Waals surface area contributed by atoms with E-state index in [-0.39, 0.29) is 23.1 Å². The van der Waals surface area contributed by atoms with E-state index in [1.165, 1.54) is 6.20 Å². The maximum absolute atomic E-state index is 14.4. The number of likely N-dealkylation sites (tertiary alicyclic amines) is 1. The summed E-state index contributed by atoms with van der Waals surface area (Å²) in [5.74, 6) is -0.300. The van der Waals surface area contributed by atoms with Gasteiger partial charge in [0.25, 0.3) is 0 Å². The number of piperidine rings is 1. The van der Waals surface area contributed by atoms with Gasteiger partial charge in [-0.2, -0.15) is 4.39 Å². The van der Waals surface area contributed by atoms with Gasteiger partial charge in [0, 0.05) is 31.9 Å². The molecule has 1 fully saturated rings. The van der Waals surface area contributed by atoms with E-state index in [1.807, 2.05) is 13.8 Å². The van der Waals surface area contributed by atoms with Crippen molar-refractivity contribution >= 4 is 11.8 Å². The Kier molecular flexibility index (Phi) is 7.46. The lowest BCUT2D eigenvalue weighted by atomic mass is 10.0. The van der Waals surface area contributed by atoms with Crippen LogP contribution in [0.5, 0.6) is 11.5 Å². The number of carboxylic acid groups (broad SMARTS) is 1. The second kappa shape index (κ2) is 10.2. The zero-order valence-corrected chi connectivity index (χ0v) is 17.4. The SMILES string of the molecule is CCOc1cc(CN2CCC(Nc3ccc(C(=O)O)cn3)CC2)cc(OCC)c1F. The number of nitrogens with zero attached hydrogens (tertiary/aromatic N) is 2. The minimum atomic E-state index is -0.983. The molecule has 1 aromatic heterocycles. The highest BCUT2D eigenvalue weighted by molar-refractivity contribution is 5.87. The van der Waals surface area contributed by atoms with Crippen LogP contribution in [0.4, 0.5) is 10.2 Å². The highest BCUT2D eigenvalue weighted by atomic mass is 19.1. The molecule has 3 rings (SSSR count). The first-order chi connectivity index (χ1) is 14.5. The Hall–Kier alpha value is -2.87. The summed E-state index contributed by atoms with van der Waals surface area (Å²) in [6, 6.07) is 7.02. The Morgan fingerprint density at radius 2 is 1.83 bits per heavy atom. The van der Waals surface area contributed by atoms with Gasteiger partial charge in [0.1, 0.15) is 5.82 Å². The molecule has 0 saturated carbocycles. The first-order valence-electron chi connectivity index (χ1n) is 10.3. The molecule has 8 heteroatoms. The lowest BCUT2D eigenvalue weighted by Gasteiger charge is -2.32. The summed E-state index contributed by atoms with van der Waals surface area (Å²) >= 11 is 0. The smallest absolute Gasteiger partial charge is 0.337 e. The van der Waals surface area contributed by atoms with Gasteiger partial charge >= 0.3 is 5.97 Å². The van der Waals surface area contributed by atoms with Gasteiger partial charge in [0.2, 0.25) is 5.82 Å². The number of hydrogen-bond acceptors (Lipinski definition) is 6. The molecule has 0 aliphatic carbocycles. The van der Waals surface area contributed by atoms with Crippen molar-refractivity contribution in [1.29, 1.82) is 0 Å². The third kappa shape index (κ3) is 5.60. The van der Waals surface area contributed by atoms with Crippen molar-refractivity contribution in [1.82, 2.24) is 9.88 Å². The molecule has 0 radical (unpaired) electrons. The summed E-state index contributed by atoms with van der Waals surface area (Å²) < 4.78 is 25.3. The van der Waals surface area contributed by atoms with Gasteiger partial charge in [0.15, 0.2) is 11.5 Å². The van der Waals surface area contributed by atoms with Crippen LogP contribution in [-0.2, 0) is 6.54 Å². The molecule has 30 heavy (non-hydrogen) atoms. The topological polar surface area (TPSA) is 83.9 Å². The minimum Gasteiger partial charge on any atom is -0.491 e. The van der Waals surface area contributed by atoms with Crippen molar-refractivity contribution in [2.75, 3.05) is 31.6 Å². The molecule has 0 amide bonds. The van der Waals surface area contributed by atoms with Crippen molar-refractivity contribution in [3.8, 4) is 11.5 Å². The van der Waals surface area contributed by atoms with Gasteiger partial charge < -0.3 is 19.9 Å². The number of benzene rings is 1. The van der Waals surface area contributed by atoms with Crippen molar-refractivity contribution in [3.05, 3.63) is 47.4 Å². The average Bonchev–Trinajstić information content (AvgIpc) is 2.73. The number of pyridine rings is 1. The molecule has 0 atom stereocenters. The molecule has 162 valence electrons. The third-order valence-corrected chi connectivity index (χ3v) is 5.02. The number of aromatic carboxylic acids is 1. The summed E-state index contributed by atoms with van der Waals surface area (Å²) in [5, 5.41) is 12.3. The first kappa shape index (κ1) is 21.8.